The van der Waals surface area contributed by atoms with Crippen LogP contribution in [0.5, 0.6) is 0 Å². The van der Waals surface area contributed by atoms with Crippen LogP contribution in [0, 0.1) is 0 Å². The second-order valence-electron chi connectivity index (χ2n) is 6.76. The Balaban J connectivity index is 1.70. The van der Waals surface area contributed by atoms with Crippen LogP contribution in [-0.2, 0) is 24.3 Å². The molecule has 1 heterocycles. The van der Waals surface area contributed by atoms with E-state index in [1.54, 1.807) is 11.0 Å². The Kier molecular flexibility index (Phi) is 7.16. The lowest BCUT2D eigenvalue weighted by atomic mass is 10.1. The number of hydrogen-bond donors (Lipinski definition) is 1. The molecule has 6 heteroatoms. The molecule has 0 aliphatic rings. The Bertz CT molecular complexity index is 923. The summed E-state index contributed by atoms with van der Waals surface area (Å²) in [4.78, 5) is 26.6. The standard InChI is InChI=1S/C23H25N3O3/c1-2-24-23(28)21-15-20(29-25-21)17-26(16-19-11-7-4-8-12-19)22(27)14-13-18-9-5-3-6-10-18/h3-12,15H,2,13-14,16-17H2,1H3,(H,24,28). The van der Waals surface area contributed by atoms with Crippen LogP contribution in [0.25, 0.3) is 0 Å². The van der Waals surface area contributed by atoms with Gasteiger partial charge in [-0.15, -0.1) is 0 Å². The van der Waals surface area contributed by atoms with Crippen LogP contribution in [0.15, 0.2) is 71.3 Å². The first kappa shape index (κ1) is 20.3. The molecule has 0 unspecified atom stereocenters. The fraction of sp³-hybridized carbons (Fsp3) is 0.261. The van der Waals surface area contributed by atoms with E-state index in [0.717, 1.165) is 11.1 Å². The van der Waals surface area contributed by atoms with Crippen molar-refractivity contribution in [2.45, 2.75) is 32.9 Å². The van der Waals surface area contributed by atoms with Gasteiger partial charge in [-0.3, -0.25) is 9.59 Å². The van der Waals surface area contributed by atoms with Crippen molar-refractivity contribution in [2.24, 2.45) is 0 Å². The van der Waals surface area contributed by atoms with E-state index in [-0.39, 0.29) is 24.1 Å². The van der Waals surface area contributed by atoms with Crippen molar-refractivity contribution in [1.29, 1.82) is 0 Å². The third-order valence-electron chi connectivity index (χ3n) is 4.51. The monoisotopic (exact) mass is 391 g/mol. The number of aromatic nitrogens is 1. The third kappa shape index (κ3) is 6.04. The number of nitrogens with one attached hydrogen (secondary N) is 1. The Labute approximate surface area is 170 Å². The van der Waals surface area contributed by atoms with E-state index in [2.05, 4.69) is 10.5 Å². The quantitative estimate of drug-likeness (QED) is 0.605. The summed E-state index contributed by atoms with van der Waals surface area (Å²) < 4.78 is 5.31. The van der Waals surface area contributed by atoms with E-state index >= 15 is 0 Å². The van der Waals surface area contributed by atoms with Gasteiger partial charge >= 0.3 is 0 Å². The minimum absolute atomic E-state index is 0.0219. The third-order valence-corrected chi connectivity index (χ3v) is 4.51. The van der Waals surface area contributed by atoms with Gasteiger partial charge in [-0.2, -0.15) is 0 Å². The second kappa shape index (κ2) is 10.2. The van der Waals surface area contributed by atoms with Crippen molar-refractivity contribution in [3.63, 3.8) is 0 Å². The summed E-state index contributed by atoms with van der Waals surface area (Å²) in [6, 6.07) is 21.3. The molecule has 0 fully saturated rings. The van der Waals surface area contributed by atoms with Gasteiger partial charge in [0.2, 0.25) is 5.91 Å². The smallest absolute Gasteiger partial charge is 0.273 e. The number of hydrogen-bond acceptors (Lipinski definition) is 4. The molecule has 150 valence electrons. The molecule has 0 saturated carbocycles. The number of amides is 2. The van der Waals surface area contributed by atoms with Crippen molar-refractivity contribution in [3.05, 3.63) is 89.3 Å². The highest BCUT2D eigenvalue weighted by molar-refractivity contribution is 5.92. The topological polar surface area (TPSA) is 75.4 Å². The van der Waals surface area contributed by atoms with E-state index in [4.69, 9.17) is 4.52 Å². The first-order valence-corrected chi connectivity index (χ1v) is 9.75. The van der Waals surface area contributed by atoms with E-state index in [9.17, 15) is 9.59 Å². The zero-order valence-corrected chi connectivity index (χ0v) is 16.5. The van der Waals surface area contributed by atoms with Crippen molar-refractivity contribution < 1.29 is 14.1 Å². The summed E-state index contributed by atoms with van der Waals surface area (Å²) in [6.45, 7) is 3.07. The van der Waals surface area contributed by atoms with Crippen LogP contribution < -0.4 is 5.32 Å². The number of rotatable bonds is 9. The van der Waals surface area contributed by atoms with Gasteiger partial charge in [0.15, 0.2) is 11.5 Å². The number of carbonyl (C=O) groups is 2. The zero-order valence-electron chi connectivity index (χ0n) is 16.5. The van der Waals surface area contributed by atoms with Crippen molar-refractivity contribution in [2.75, 3.05) is 6.54 Å². The predicted molar refractivity (Wildman–Crippen MR) is 110 cm³/mol. The van der Waals surface area contributed by atoms with Crippen molar-refractivity contribution in [1.82, 2.24) is 15.4 Å². The normalized spacial score (nSPS) is 10.5. The average molecular weight is 391 g/mol. The molecule has 2 amide bonds. The van der Waals surface area contributed by atoms with E-state index < -0.39 is 0 Å². The summed E-state index contributed by atoms with van der Waals surface area (Å²) in [5.74, 6) is 0.219. The molecule has 3 aromatic rings. The Morgan fingerprint density at radius 2 is 1.62 bits per heavy atom. The van der Waals surface area contributed by atoms with E-state index in [1.165, 1.54) is 0 Å². The van der Waals surface area contributed by atoms with Crippen LogP contribution >= 0.6 is 0 Å². The highest BCUT2D eigenvalue weighted by atomic mass is 16.5. The van der Waals surface area contributed by atoms with Crippen LogP contribution in [0.1, 0.15) is 40.7 Å². The first-order valence-electron chi connectivity index (χ1n) is 9.75. The SMILES string of the molecule is CCNC(=O)c1cc(CN(Cc2ccccc2)C(=O)CCc2ccccc2)on1. The molecule has 0 spiro atoms. The molecule has 0 aliphatic heterocycles. The van der Waals surface area contributed by atoms with Gasteiger partial charge in [0.1, 0.15) is 0 Å². The van der Waals surface area contributed by atoms with Gasteiger partial charge in [0.05, 0.1) is 6.54 Å². The highest BCUT2D eigenvalue weighted by Gasteiger charge is 2.19. The molecule has 0 bridgehead atoms. The fourth-order valence-corrected chi connectivity index (χ4v) is 3.02. The molecule has 0 atom stereocenters. The Morgan fingerprint density at radius 1 is 0.966 bits per heavy atom. The lowest BCUT2D eigenvalue weighted by Crippen LogP contribution is -2.30. The molecule has 29 heavy (non-hydrogen) atoms. The number of carbonyl (C=O) groups excluding carboxylic acids is 2. The largest absolute Gasteiger partial charge is 0.359 e. The molecule has 0 saturated heterocycles. The Hall–Kier alpha value is -3.41. The molecule has 6 nitrogen and oxygen atoms in total. The minimum Gasteiger partial charge on any atom is -0.359 e. The van der Waals surface area contributed by atoms with Gasteiger partial charge in [0.25, 0.3) is 5.91 Å². The lowest BCUT2D eigenvalue weighted by Gasteiger charge is -2.21. The molecule has 2 aromatic carbocycles. The number of benzene rings is 2. The van der Waals surface area contributed by atoms with E-state index in [1.807, 2.05) is 67.6 Å². The van der Waals surface area contributed by atoms with Crippen molar-refractivity contribution >= 4 is 11.8 Å². The second-order valence-corrected chi connectivity index (χ2v) is 6.76. The fourth-order valence-electron chi connectivity index (χ4n) is 3.02. The minimum atomic E-state index is -0.285. The molecular formula is C23H25N3O3. The van der Waals surface area contributed by atoms with Gasteiger partial charge in [0, 0.05) is 25.6 Å². The molecule has 0 radical (unpaired) electrons. The molecule has 0 aliphatic carbocycles. The molecule has 1 N–H and O–H groups in total. The first-order chi connectivity index (χ1) is 14.2. The summed E-state index contributed by atoms with van der Waals surface area (Å²) in [5, 5.41) is 6.51. The van der Waals surface area contributed by atoms with Gasteiger partial charge in [-0.25, -0.2) is 0 Å². The van der Waals surface area contributed by atoms with Gasteiger partial charge < -0.3 is 14.7 Å². The number of aryl methyl sites for hydroxylation is 1. The van der Waals surface area contributed by atoms with Crippen LogP contribution in [-0.4, -0.2) is 28.4 Å². The maximum absolute atomic E-state index is 13.0. The predicted octanol–water partition coefficient (Wildman–Crippen LogP) is 3.59. The van der Waals surface area contributed by atoms with E-state index in [0.29, 0.717) is 31.7 Å². The van der Waals surface area contributed by atoms with Gasteiger partial charge in [-0.05, 0) is 24.5 Å². The van der Waals surface area contributed by atoms with Gasteiger partial charge in [-0.1, -0.05) is 65.8 Å². The van der Waals surface area contributed by atoms with Crippen LogP contribution in [0.2, 0.25) is 0 Å². The maximum Gasteiger partial charge on any atom is 0.273 e. The van der Waals surface area contributed by atoms with Crippen LogP contribution in [0.4, 0.5) is 0 Å². The molecule has 3 rings (SSSR count). The lowest BCUT2D eigenvalue weighted by molar-refractivity contribution is -0.132. The molecular weight excluding hydrogens is 366 g/mol. The summed E-state index contributed by atoms with van der Waals surface area (Å²) in [6.07, 6.45) is 1.07. The summed E-state index contributed by atoms with van der Waals surface area (Å²) >= 11 is 0. The summed E-state index contributed by atoms with van der Waals surface area (Å²) in [7, 11) is 0. The number of nitrogens with zero attached hydrogens (tertiary/aromatic N) is 2. The summed E-state index contributed by atoms with van der Waals surface area (Å²) in [5.41, 5.74) is 2.38. The average Bonchev–Trinajstić information content (AvgIpc) is 3.22. The van der Waals surface area contributed by atoms with Crippen LogP contribution in [0.3, 0.4) is 0 Å². The maximum atomic E-state index is 13.0. The van der Waals surface area contributed by atoms with Crippen molar-refractivity contribution in [3.8, 4) is 0 Å². The Morgan fingerprint density at radius 3 is 2.28 bits per heavy atom. The highest BCUT2D eigenvalue weighted by Crippen LogP contribution is 2.14. The molecule has 1 aromatic heterocycles. The zero-order chi connectivity index (χ0) is 20.5.